The van der Waals surface area contributed by atoms with Crippen molar-refractivity contribution < 1.29 is 22.6 Å². The van der Waals surface area contributed by atoms with Crippen LogP contribution in [0.15, 0.2) is 91.5 Å². The first kappa shape index (κ1) is 25.8. The first-order valence-corrected chi connectivity index (χ1v) is 12.0. The van der Waals surface area contributed by atoms with Gasteiger partial charge in [0.15, 0.2) is 23.2 Å². The minimum atomic E-state index is -0.902. The van der Waals surface area contributed by atoms with Crippen molar-refractivity contribution in [3.05, 3.63) is 120 Å². The molecule has 0 bridgehead atoms. The molecule has 37 heavy (non-hydrogen) atoms. The highest BCUT2D eigenvalue weighted by molar-refractivity contribution is 5.75. The van der Waals surface area contributed by atoms with Gasteiger partial charge in [-0.2, -0.15) is 0 Å². The molecular weight excluding hydrogens is 473 g/mol. The second kappa shape index (κ2) is 12.1. The summed E-state index contributed by atoms with van der Waals surface area (Å²) in [5.74, 6) is -1.36. The molecule has 0 N–H and O–H groups in total. The predicted octanol–water partition coefficient (Wildman–Crippen LogP) is 8.96. The third kappa shape index (κ3) is 6.31. The molecule has 0 heterocycles. The van der Waals surface area contributed by atoms with Crippen LogP contribution in [0.5, 0.6) is 11.5 Å². The van der Waals surface area contributed by atoms with Gasteiger partial charge in [-0.05, 0) is 59.9 Å². The van der Waals surface area contributed by atoms with Crippen molar-refractivity contribution in [2.45, 2.75) is 13.3 Å². The van der Waals surface area contributed by atoms with Gasteiger partial charge in [-0.1, -0.05) is 72.8 Å². The Bertz CT molecular complexity index is 1390. The molecule has 188 valence electrons. The highest BCUT2D eigenvalue weighted by atomic mass is 19.2. The topological polar surface area (TPSA) is 18.5 Å². The van der Waals surface area contributed by atoms with Crippen molar-refractivity contribution in [1.82, 2.24) is 0 Å². The molecule has 0 saturated heterocycles. The summed E-state index contributed by atoms with van der Waals surface area (Å²) in [5, 5.41) is 0. The van der Waals surface area contributed by atoms with E-state index in [0.29, 0.717) is 42.1 Å². The summed E-state index contributed by atoms with van der Waals surface area (Å²) in [4.78, 5) is 0. The molecule has 0 aliphatic rings. The van der Waals surface area contributed by atoms with Gasteiger partial charge in [0, 0.05) is 11.1 Å². The van der Waals surface area contributed by atoms with Gasteiger partial charge in [-0.3, -0.25) is 0 Å². The maximum atomic E-state index is 15.0. The summed E-state index contributed by atoms with van der Waals surface area (Å²) in [5.41, 5.74) is 3.00. The van der Waals surface area contributed by atoms with Gasteiger partial charge in [-0.25, -0.2) is 13.2 Å². The van der Waals surface area contributed by atoms with Crippen molar-refractivity contribution in [3.8, 4) is 33.8 Å². The van der Waals surface area contributed by atoms with Crippen LogP contribution >= 0.6 is 0 Å². The zero-order valence-electron chi connectivity index (χ0n) is 20.5. The average molecular weight is 501 g/mol. The fraction of sp³-hybridized carbons (Fsp3) is 0.125. The van der Waals surface area contributed by atoms with Crippen LogP contribution in [0.3, 0.4) is 0 Å². The van der Waals surface area contributed by atoms with Gasteiger partial charge in [0.25, 0.3) is 0 Å². The Balaban J connectivity index is 1.48. The van der Waals surface area contributed by atoms with Gasteiger partial charge >= 0.3 is 0 Å². The van der Waals surface area contributed by atoms with Crippen molar-refractivity contribution >= 4 is 12.2 Å². The Morgan fingerprint density at radius 1 is 0.703 bits per heavy atom. The number of benzene rings is 4. The van der Waals surface area contributed by atoms with Crippen LogP contribution in [0.1, 0.15) is 24.5 Å². The molecule has 0 atom stereocenters. The average Bonchev–Trinajstić information content (AvgIpc) is 2.91. The number of rotatable bonds is 10. The van der Waals surface area contributed by atoms with Crippen molar-refractivity contribution in [1.29, 1.82) is 0 Å². The Kier molecular flexibility index (Phi) is 8.47. The normalized spacial score (nSPS) is 11.0. The lowest BCUT2D eigenvalue weighted by molar-refractivity contribution is 0.308. The van der Waals surface area contributed by atoms with Gasteiger partial charge in [0.2, 0.25) is 0 Å². The van der Waals surface area contributed by atoms with Crippen molar-refractivity contribution in [3.63, 3.8) is 0 Å². The van der Waals surface area contributed by atoms with Crippen LogP contribution in [-0.2, 0) is 0 Å². The number of hydrogen-bond donors (Lipinski definition) is 0. The van der Waals surface area contributed by atoms with Gasteiger partial charge in [0.05, 0.1) is 13.2 Å². The zero-order valence-corrected chi connectivity index (χ0v) is 20.5. The summed E-state index contributed by atoms with van der Waals surface area (Å²) < 4.78 is 55.0. The molecule has 0 fully saturated rings. The van der Waals surface area contributed by atoms with Crippen LogP contribution in [0.2, 0.25) is 0 Å². The predicted molar refractivity (Wildman–Crippen MR) is 144 cm³/mol. The smallest absolute Gasteiger partial charge is 0.167 e. The lowest BCUT2D eigenvalue weighted by Gasteiger charge is -2.10. The molecule has 0 amide bonds. The molecule has 4 rings (SSSR count). The molecule has 0 radical (unpaired) electrons. The minimum absolute atomic E-state index is 0.178. The fourth-order valence-corrected chi connectivity index (χ4v) is 3.85. The molecular formula is C32H27F3O2. The first-order valence-electron chi connectivity index (χ1n) is 12.0. The first-order chi connectivity index (χ1) is 18.0. The van der Waals surface area contributed by atoms with Gasteiger partial charge in [-0.15, -0.1) is 6.58 Å². The third-order valence-corrected chi connectivity index (χ3v) is 5.78. The molecule has 5 heteroatoms. The molecule has 4 aromatic rings. The highest BCUT2D eigenvalue weighted by Crippen LogP contribution is 2.32. The number of hydrogen-bond acceptors (Lipinski definition) is 2. The summed E-state index contributed by atoms with van der Waals surface area (Å²) in [6, 6.07) is 21.9. The summed E-state index contributed by atoms with van der Waals surface area (Å²) >= 11 is 0. The van der Waals surface area contributed by atoms with E-state index in [2.05, 4.69) is 6.58 Å². The summed E-state index contributed by atoms with van der Waals surface area (Å²) in [7, 11) is 0. The lowest BCUT2D eigenvalue weighted by Crippen LogP contribution is -1.97. The van der Waals surface area contributed by atoms with Crippen LogP contribution in [0.4, 0.5) is 13.2 Å². The van der Waals surface area contributed by atoms with E-state index in [1.54, 1.807) is 84.9 Å². The Morgan fingerprint density at radius 2 is 1.27 bits per heavy atom. The van der Waals surface area contributed by atoms with E-state index in [1.165, 1.54) is 6.07 Å². The SMILES string of the molecule is C=CCCOc1ccc(/C=C/c2ccc(-c3ccc(-c4ccc(OCC)cc4)c(F)c3F)cc2)cc1F. The van der Waals surface area contributed by atoms with E-state index < -0.39 is 17.5 Å². The lowest BCUT2D eigenvalue weighted by atomic mass is 9.98. The van der Waals surface area contributed by atoms with E-state index in [1.807, 2.05) is 13.0 Å². The van der Waals surface area contributed by atoms with E-state index >= 15 is 4.39 Å². The largest absolute Gasteiger partial charge is 0.494 e. The summed E-state index contributed by atoms with van der Waals surface area (Å²) in [6.45, 7) is 6.40. The van der Waals surface area contributed by atoms with E-state index in [0.717, 1.165) is 5.56 Å². The molecule has 2 nitrogen and oxygen atoms in total. The van der Waals surface area contributed by atoms with Crippen LogP contribution < -0.4 is 9.47 Å². The fourth-order valence-electron chi connectivity index (χ4n) is 3.85. The second-order valence-corrected chi connectivity index (χ2v) is 8.32. The Labute approximate surface area is 215 Å². The molecule has 0 aromatic heterocycles. The maximum Gasteiger partial charge on any atom is 0.167 e. The zero-order chi connectivity index (χ0) is 26.2. The molecule has 0 unspecified atom stereocenters. The van der Waals surface area contributed by atoms with Crippen molar-refractivity contribution in [2.75, 3.05) is 13.2 Å². The van der Waals surface area contributed by atoms with Crippen molar-refractivity contribution in [2.24, 2.45) is 0 Å². The van der Waals surface area contributed by atoms with E-state index in [-0.39, 0.29) is 16.9 Å². The standard InChI is InChI=1S/C32H27F3O2/c1-3-5-20-37-30-19-10-23(21-29(30)33)7-6-22-8-11-24(12-9-22)27-17-18-28(32(35)31(27)34)25-13-15-26(16-14-25)36-4-2/h3,6-19,21H,1,4-5,20H2,2H3/b7-6+. The van der Waals surface area contributed by atoms with Crippen LogP contribution in [0, 0.1) is 17.5 Å². The molecule has 0 spiro atoms. The quantitative estimate of drug-likeness (QED) is 0.123. The second-order valence-electron chi connectivity index (χ2n) is 8.32. The van der Waals surface area contributed by atoms with Crippen LogP contribution in [0.25, 0.3) is 34.4 Å². The molecule has 0 aliphatic heterocycles. The minimum Gasteiger partial charge on any atom is -0.494 e. The van der Waals surface area contributed by atoms with Gasteiger partial charge in [0.1, 0.15) is 5.75 Å². The number of halogens is 3. The number of ether oxygens (including phenoxy) is 2. The third-order valence-electron chi connectivity index (χ3n) is 5.78. The molecule has 0 saturated carbocycles. The maximum absolute atomic E-state index is 15.0. The van der Waals surface area contributed by atoms with E-state index in [4.69, 9.17) is 9.47 Å². The Hall–Kier alpha value is -4.25. The van der Waals surface area contributed by atoms with Crippen LogP contribution in [-0.4, -0.2) is 13.2 Å². The Morgan fingerprint density at radius 3 is 1.84 bits per heavy atom. The molecule has 0 aliphatic carbocycles. The van der Waals surface area contributed by atoms with E-state index in [9.17, 15) is 8.78 Å². The van der Waals surface area contributed by atoms with Gasteiger partial charge < -0.3 is 9.47 Å². The molecule has 4 aromatic carbocycles. The highest BCUT2D eigenvalue weighted by Gasteiger charge is 2.16. The monoisotopic (exact) mass is 500 g/mol. The summed E-state index contributed by atoms with van der Waals surface area (Å²) in [6.07, 6.45) is 5.95.